The summed E-state index contributed by atoms with van der Waals surface area (Å²) in [7, 11) is -3.24. The molecule has 0 aromatic heterocycles. The summed E-state index contributed by atoms with van der Waals surface area (Å²) in [5.74, 6) is -0.455. The van der Waals surface area contributed by atoms with Gasteiger partial charge in [-0.25, -0.2) is 4.79 Å². The third kappa shape index (κ3) is 12.8. The van der Waals surface area contributed by atoms with E-state index in [0.717, 1.165) is 0 Å². The highest BCUT2D eigenvalue weighted by Crippen LogP contribution is 2.44. The van der Waals surface area contributed by atoms with Crippen LogP contribution in [0.5, 0.6) is 0 Å². The maximum Gasteiger partial charge on any atom is 0.312 e. The number of carbonyl (C=O) groups is 3. The van der Waals surface area contributed by atoms with Gasteiger partial charge in [-0.1, -0.05) is 41.5 Å². The first-order chi connectivity index (χ1) is 14.3. The van der Waals surface area contributed by atoms with E-state index in [4.69, 9.17) is 5.73 Å². The highest BCUT2D eigenvalue weighted by atomic mass is 31.2. The summed E-state index contributed by atoms with van der Waals surface area (Å²) in [5.41, 5.74) is 4.72. The molecule has 0 saturated carbocycles. The Morgan fingerprint density at radius 1 is 1.03 bits per heavy atom. The minimum absolute atomic E-state index is 0.0301. The summed E-state index contributed by atoms with van der Waals surface area (Å²) in [6, 6.07) is -1.73. The third-order valence-corrected chi connectivity index (χ3v) is 7.33. The van der Waals surface area contributed by atoms with Crippen molar-refractivity contribution in [3.63, 3.8) is 0 Å². The lowest BCUT2D eigenvalue weighted by Crippen LogP contribution is -2.54. The maximum absolute atomic E-state index is 12.8. The molecule has 0 aromatic carbocycles. The highest BCUT2D eigenvalue weighted by molar-refractivity contribution is 7.58. The molecule has 182 valence electrons. The van der Waals surface area contributed by atoms with Gasteiger partial charge in [0.1, 0.15) is 0 Å². The van der Waals surface area contributed by atoms with E-state index >= 15 is 0 Å². The first kappa shape index (κ1) is 29.5. The maximum atomic E-state index is 12.8. The number of amides is 3. The Hall–Kier alpha value is -1.48. The molecule has 0 spiro atoms. The van der Waals surface area contributed by atoms with Gasteiger partial charge in [-0.2, -0.15) is 0 Å². The van der Waals surface area contributed by atoms with Crippen LogP contribution in [0.2, 0.25) is 0 Å². The van der Waals surface area contributed by atoms with Crippen LogP contribution in [-0.2, 0) is 14.2 Å². The molecule has 0 aliphatic rings. The van der Waals surface area contributed by atoms with Crippen molar-refractivity contribution >= 4 is 25.1 Å². The second-order valence-corrected chi connectivity index (χ2v) is 11.7. The molecule has 0 aliphatic heterocycles. The van der Waals surface area contributed by atoms with Crippen LogP contribution in [0, 0.1) is 5.92 Å². The highest BCUT2D eigenvalue weighted by Gasteiger charge is 2.28. The van der Waals surface area contributed by atoms with Gasteiger partial charge in [0.2, 0.25) is 13.3 Å². The molecule has 3 amide bonds. The summed E-state index contributed by atoms with van der Waals surface area (Å²) in [5, 5.41) is 11.4. The van der Waals surface area contributed by atoms with E-state index in [1.54, 1.807) is 13.8 Å². The topological polar surface area (TPSA) is 163 Å². The number of nitrogens with two attached hydrogens (primary N) is 1. The molecule has 0 heterocycles. The fraction of sp³-hybridized carbons (Fsp3) is 0.850. The van der Waals surface area contributed by atoms with E-state index in [1.807, 2.05) is 27.7 Å². The molecule has 1 unspecified atom stereocenters. The summed E-state index contributed by atoms with van der Waals surface area (Å²) >= 11 is 0. The van der Waals surface area contributed by atoms with E-state index in [0.29, 0.717) is 19.4 Å². The fourth-order valence-electron chi connectivity index (χ4n) is 2.86. The molecule has 10 nitrogen and oxygen atoms in total. The van der Waals surface area contributed by atoms with E-state index < -0.39 is 25.5 Å². The summed E-state index contributed by atoms with van der Waals surface area (Å²) < 4.78 is 12.0. The van der Waals surface area contributed by atoms with Gasteiger partial charge < -0.3 is 31.9 Å². The Bertz CT molecular complexity index is 627. The van der Waals surface area contributed by atoms with Crippen LogP contribution in [0.1, 0.15) is 54.4 Å². The van der Waals surface area contributed by atoms with Crippen molar-refractivity contribution in [3.05, 3.63) is 0 Å². The van der Waals surface area contributed by atoms with Crippen LogP contribution in [0.15, 0.2) is 0 Å². The average molecular weight is 464 g/mol. The van der Waals surface area contributed by atoms with Gasteiger partial charge in [-0.3, -0.25) is 14.2 Å². The second-order valence-electron chi connectivity index (χ2n) is 8.75. The van der Waals surface area contributed by atoms with Crippen molar-refractivity contribution in [1.29, 1.82) is 0 Å². The number of urea groups is 1. The fourth-order valence-corrected chi connectivity index (χ4v) is 3.85. The number of hydrogen-bond acceptors (Lipinski definition) is 6. The first-order valence-electron chi connectivity index (χ1n) is 10.9. The number of rotatable bonds is 16. The third-order valence-electron chi connectivity index (χ3n) is 4.85. The Kier molecular flexibility index (Phi) is 13.9. The van der Waals surface area contributed by atoms with Crippen molar-refractivity contribution in [2.24, 2.45) is 11.7 Å². The molecule has 0 fully saturated rings. The molecule has 0 rings (SSSR count). The van der Waals surface area contributed by atoms with Crippen molar-refractivity contribution in [3.8, 4) is 0 Å². The first-order valence-corrected chi connectivity index (χ1v) is 12.8. The van der Waals surface area contributed by atoms with Gasteiger partial charge in [0.15, 0.2) is 5.78 Å². The van der Waals surface area contributed by atoms with Crippen molar-refractivity contribution < 1.29 is 23.8 Å². The Morgan fingerprint density at radius 2 is 1.65 bits per heavy atom. The second kappa shape index (κ2) is 14.6. The molecule has 3 atom stereocenters. The van der Waals surface area contributed by atoms with Crippen molar-refractivity contribution in [1.82, 2.24) is 21.3 Å². The van der Waals surface area contributed by atoms with Crippen LogP contribution in [0.3, 0.4) is 0 Å². The number of nitrogens with one attached hydrogen (secondary N) is 4. The molecule has 0 aliphatic carbocycles. The number of hydrogen-bond donors (Lipinski definition) is 6. The smallest absolute Gasteiger partial charge is 0.312 e. The van der Waals surface area contributed by atoms with E-state index in [-0.39, 0.29) is 48.6 Å². The number of Topliss-reactive ketones (excluding diaryl/α,β-unsaturated/α-hetero) is 1. The summed E-state index contributed by atoms with van der Waals surface area (Å²) in [6.07, 6.45) is 0.873. The van der Waals surface area contributed by atoms with Crippen molar-refractivity contribution in [2.75, 3.05) is 25.8 Å². The zero-order valence-corrected chi connectivity index (χ0v) is 20.6. The SMILES string of the molecule is CC(C)N[C@H](C(=O)N[C@@H](CCCNC(N)=O)C(=O)CNCCP(=O)(O)C(C)C)C(C)C. The molecule has 0 aromatic rings. The minimum Gasteiger partial charge on any atom is -0.352 e. The summed E-state index contributed by atoms with van der Waals surface area (Å²) in [4.78, 5) is 46.3. The predicted molar refractivity (Wildman–Crippen MR) is 123 cm³/mol. The van der Waals surface area contributed by atoms with Crippen LogP contribution in [0.4, 0.5) is 4.79 Å². The normalized spacial score (nSPS) is 15.5. The van der Waals surface area contributed by atoms with Crippen LogP contribution in [0.25, 0.3) is 0 Å². The summed E-state index contributed by atoms with van der Waals surface area (Å²) in [6.45, 7) is 11.6. The Morgan fingerprint density at radius 3 is 2.13 bits per heavy atom. The monoisotopic (exact) mass is 463 g/mol. The van der Waals surface area contributed by atoms with Crippen LogP contribution in [-0.4, -0.2) is 72.2 Å². The quantitative estimate of drug-likeness (QED) is 0.145. The van der Waals surface area contributed by atoms with Gasteiger partial charge in [-0.15, -0.1) is 0 Å². The largest absolute Gasteiger partial charge is 0.352 e. The standard InChI is InChI=1S/C20H42N5O5P/c1-13(2)18(24-14(3)4)19(27)25-16(8-7-9-23-20(21)28)17(26)12-22-10-11-31(29,30)15(5)6/h13-16,18,22,24H,7-12H2,1-6H3,(H,25,27)(H,29,30)(H3,21,23,28)/t16-,18-/m0/s1. The zero-order valence-electron chi connectivity index (χ0n) is 19.7. The lowest BCUT2D eigenvalue weighted by atomic mass is 10.0. The van der Waals surface area contributed by atoms with Gasteiger partial charge in [-0.05, 0) is 18.8 Å². The van der Waals surface area contributed by atoms with Gasteiger partial charge in [0, 0.05) is 31.0 Å². The van der Waals surface area contributed by atoms with E-state index in [9.17, 15) is 23.8 Å². The van der Waals surface area contributed by atoms with E-state index in [1.165, 1.54) is 0 Å². The average Bonchev–Trinajstić information content (AvgIpc) is 2.64. The van der Waals surface area contributed by atoms with E-state index in [2.05, 4.69) is 21.3 Å². The predicted octanol–water partition coefficient (Wildman–Crippen LogP) is 0.780. The molecular weight excluding hydrogens is 421 g/mol. The van der Waals surface area contributed by atoms with Crippen LogP contribution >= 0.6 is 7.37 Å². The molecule has 0 saturated heterocycles. The molecule has 31 heavy (non-hydrogen) atoms. The van der Waals surface area contributed by atoms with Crippen LogP contribution < -0.4 is 27.0 Å². The van der Waals surface area contributed by atoms with Gasteiger partial charge in [0.25, 0.3) is 0 Å². The lowest BCUT2D eigenvalue weighted by molar-refractivity contribution is -0.129. The van der Waals surface area contributed by atoms with Gasteiger partial charge in [0.05, 0.1) is 18.6 Å². The Balaban J connectivity index is 4.97. The van der Waals surface area contributed by atoms with Gasteiger partial charge >= 0.3 is 6.03 Å². The molecule has 7 N–H and O–H groups in total. The Labute approximate surface area is 186 Å². The molecule has 11 heteroatoms. The number of carbonyl (C=O) groups excluding carboxylic acids is 3. The number of primary amides is 1. The van der Waals surface area contributed by atoms with Crippen molar-refractivity contribution in [2.45, 2.75) is 78.2 Å². The zero-order chi connectivity index (χ0) is 24.2. The number of ketones is 1. The molecule has 0 bridgehead atoms. The molecular formula is C20H42N5O5P. The molecule has 0 radical (unpaired) electrons. The minimum atomic E-state index is -3.24. The lowest BCUT2D eigenvalue weighted by Gasteiger charge is -2.27.